The molecule has 3 aromatic rings. The van der Waals surface area contributed by atoms with Crippen LogP contribution in [-0.4, -0.2) is 38.0 Å². The van der Waals surface area contributed by atoms with Gasteiger partial charge in [-0.3, -0.25) is 4.79 Å². The van der Waals surface area contributed by atoms with Gasteiger partial charge in [-0.05, 0) is 32.9 Å². The average molecular weight is 367 g/mol. The SMILES string of the molecule is Cc1c(C(=O)OCC(=O)Nc2ccnn2C(C)C)cnn1-c1ccccc1. The summed E-state index contributed by atoms with van der Waals surface area (Å²) in [6.07, 6.45) is 3.04. The standard InChI is InChI=1S/C19H21N5O3/c1-13(2)23-17(9-10-20-23)22-18(25)12-27-19(26)16-11-21-24(14(16)3)15-7-5-4-6-8-15/h4-11,13H,12H2,1-3H3,(H,22,25). The first-order chi connectivity index (χ1) is 13.0. The predicted molar refractivity (Wildman–Crippen MR) is 99.8 cm³/mol. The summed E-state index contributed by atoms with van der Waals surface area (Å²) < 4.78 is 8.46. The Labute approximate surface area is 156 Å². The van der Waals surface area contributed by atoms with Crippen LogP contribution in [-0.2, 0) is 9.53 Å². The van der Waals surface area contributed by atoms with Crippen LogP contribution in [0.2, 0.25) is 0 Å². The monoisotopic (exact) mass is 367 g/mol. The summed E-state index contributed by atoms with van der Waals surface area (Å²) in [5, 5.41) is 11.1. The van der Waals surface area contributed by atoms with Crippen molar-refractivity contribution in [3.8, 4) is 5.69 Å². The summed E-state index contributed by atoms with van der Waals surface area (Å²) in [4.78, 5) is 24.4. The zero-order chi connectivity index (χ0) is 19.4. The first-order valence-electron chi connectivity index (χ1n) is 8.58. The first-order valence-corrected chi connectivity index (χ1v) is 8.58. The summed E-state index contributed by atoms with van der Waals surface area (Å²) in [5.41, 5.74) is 1.80. The highest BCUT2D eigenvalue weighted by Gasteiger charge is 2.18. The van der Waals surface area contributed by atoms with E-state index in [2.05, 4.69) is 15.5 Å². The Morgan fingerprint density at radius 1 is 1.15 bits per heavy atom. The van der Waals surface area contributed by atoms with Gasteiger partial charge in [-0.2, -0.15) is 10.2 Å². The van der Waals surface area contributed by atoms with Crippen molar-refractivity contribution < 1.29 is 14.3 Å². The topological polar surface area (TPSA) is 91.0 Å². The minimum absolute atomic E-state index is 0.101. The lowest BCUT2D eigenvalue weighted by Crippen LogP contribution is -2.23. The molecule has 0 saturated carbocycles. The Morgan fingerprint density at radius 2 is 1.89 bits per heavy atom. The highest BCUT2D eigenvalue weighted by molar-refractivity contribution is 5.95. The summed E-state index contributed by atoms with van der Waals surface area (Å²) >= 11 is 0. The van der Waals surface area contributed by atoms with Gasteiger partial charge in [0.15, 0.2) is 6.61 Å². The fraction of sp³-hybridized carbons (Fsp3) is 0.263. The van der Waals surface area contributed by atoms with Gasteiger partial charge in [0.1, 0.15) is 11.4 Å². The number of benzene rings is 1. The van der Waals surface area contributed by atoms with Crippen molar-refractivity contribution in [1.29, 1.82) is 0 Å². The molecule has 1 aromatic carbocycles. The normalized spacial score (nSPS) is 10.8. The molecule has 0 bridgehead atoms. The lowest BCUT2D eigenvalue weighted by Gasteiger charge is -2.11. The van der Waals surface area contributed by atoms with Crippen molar-refractivity contribution in [3.05, 3.63) is 60.0 Å². The van der Waals surface area contributed by atoms with E-state index in [1.54, 1.807) is 28.6 Å². The van der Waals surface area contributed by atoms with Crippen molar-refractivity contribution in [2.45, 2.75) is 26.8 Å². The van der Waals surface area contributed by atoms with E-state index >= 15 is 0 Å². The molecule has 8 nitrogen and oxygen atoms in total. The molecular weight excluding hydrogens is 346 g/mol. The first kappa shape index (κ1) is 18.4. The summed E-state index contributed by atoms with van der Waals surface area (Å²) in [7, 11) is 0. The molecule has 140 valence electrons. The minimum atomic E-state index is -0.595. The van der Waals surface area contributed by atoms with Crippen LogP contribution in [0.25, 0.3) is 5.69 Å². The number of nitrogens with one attached hydrogen (secondary N) is 1. The summed E-state index contributed by atoms with van der Waals surface area (Å²) in [5.74, 6) is -0.472. The van der Waals surface area contributed by atoms with Gasteiger partial charge in [-0.25, -0.2) is 14.2 Å². The van der Waals surface area contributed by atoms with E-state index in [1.165, 1.54) is 6.20 Å². The lowest BCUT2D eigenvalue weighted by molar-refractivity contribution is -0.119. The molecule has 27 heavy (non-hydrogen) atoms. The molecule has 0 spiro atoms. The molecule has 2 heterocycles. The van der Waals surface area contributed by atoms with Crippen LogP contribution < -0.4 is 5.32 Å². The van der Waals surface area contributed by atoms with Gasteiger partial charge < -0.3 is 10.1 Å². The van der Waals surface area contributed by atoms with Crippen LogP contribution in [0.5, 0.6) is 0 Å². The number of amides is 1. The fourth-order valence-corrected chi connectivity index (χ4v) is 2.65. The van der Waals surface area contributed by atoms with E-state index in [0.717, 1.165) is 5.69 Å². The van der Waals surface area contributed by atoms with Crippen molar-refractivity contribution in [2.75, 3.05) is 11.9 Å². The number of para-hydroxylation sites is 1. The molecule has 0 saturated heterocycles. The van der Waals surface area contributed by atoms with E-state index in [9.17, 15) is 9.59 Å². The highest BCUT2D eigenvalue weighted by Crippen LogP contribution is 2.15. The Morgan fingerprint density at radius 3 is 2.59 bits per heavy atom. The fourth-order valence-electron chi connectivity index (χ4n) is 2.65. The average Bonchev–Trinajstić information content (AvgIpc) is 3.27. The molecule has 2 aromatic heterocycles. The maximum absolute atomic E-state index is 12.3. The van der Waals surface area contributed by atoms with Crippen molar-refractivity contribution in [1.82, 2.24) is 19.6 Å². The molecular formula is C19H21N5O3. The van der Waals surface area contributed by atoms with E-state index in [0.29, 0.717) is 17.1 Å². The number of anilines is 1. The van der Waals surface area contributed by atoms with Crippen molar-refractivity contribution >= 4 is 17.7 Å². The number of nitrogens with zero attached hydrogens (tertiary/aromatic N) is 4. The number of carbonyl (C=O) groups excluding carboxylic acids is 2. The van der Waals surface area contributed by atoms with Gasteiger partial charge in [-0.1, -0.05) is 18.2 Å². The van der Waals surface area contributed by atoms with Gasteiger partial charge in [0, 0.05) is 12.1 Å². The lowest BCUT2D eigenvalue weighted by atomic mass is 10.2. The molecule has 0 atom stereocenters. The quantitative estimate of drug-likeness (QED) is 0.677. The summed E-state index contributed by atoms with van der Waals surface area (Å²) in [6, 6.07) is 11.3. The molecule has 3 rings (SSSR count). The van der Waals surface area contributed by atoms with Gasteiger partial charge in [0.25, 0.3) is 5.91 Å². The number of rotatable bonds is 6. The zero-order valence-electron chi connectivity index (χ0n) is 15.4. The van der Waals surface area contributed by atoms with Crippen LogP contribution >= 0.6 is 0 Å². The maximum Gasteiger partial charge on any atom is 0.342 e. The van der Waals surface area contributed by atoms with Gasteiger partial charge in [0.2, 0.25) is 0 Å². The molecule has 0 aliphatic heterocycles. The molecule has 0 fully saturated rings. The van der Waals surface area contributed by atoms with Crippen molar-refractivity contribution in [3.63, 3.8) is 0 Å². The number of ether oxygens (including phenoxy) is 1. The molecule has 0 aliphatic rings. The van der Waals surface area contributed by atoms with E-state index in [-0.39, 0.29) is 6.04 Å². The second-order valence-electron chi connectivity index (χ2n) is 6.27. The van der Waals surface area contributed by atoms with Gasteiger partial charge >= 0.3 is 5.97 Å². The van der Waals surface area contributed by atoms with Crippen LogP contribution in [0.15, 0.2) is 48.8 Å². The second-order valence-corrected chi connectivity index (χ2v) is 6.27. The molecule has 1 amide bonds. The van der Waals surface area contributed by atoms with E-state index in [1.807, 2.05) is 44.2 Å². The van der Waals surface area contributed by atoms with Crippen molar-refractivity contribution in [2.24, 2.45) is 0 Å². The van der Waals surface area contributed by atoms with E-state index in [4.69, 9.17) is 4.74 Å². The zero-order valence-corrected chi connectivity index (χ0v) is 15.4. The molecule has 0 radical (unpaired) electrons. The third-order valence-corrected chi connectivity index (χ3v) is 3.99. The summed E-state index contributed by atoms with van der Waals surface area (Å²) in [6.45, 7) is 5.29. The van der Waals surface area contributed by atoms with Crippen LogP contribution in [0.4, 0.5) is 5.82 Å². The van der Waals surface area contributed by atoms with Crippen LogP contribution in [0.1, 0.15) is 35.9 Å². The number of aromatic nitrogens is 4. The Bertz CT molecular complexity index is 943. The number of carbonyl (C=O) groups is 2. The van der Waals surface area contributed by atoms with Crippen LogP contribution in [0.3, 0.4) is 0 Å². The number of hydrogen-bond acceptors (Lipinski definition) is 5. The third-order valence-electron chi connectivity index (χ3n) is 3.99. The molecule has 1 N–H and O–H groups in total. The molecule has 0 unspecified atom stereocenters. The number of esters is 1. The molecule has 0 aliphatic carbocycles. The Hall–Kier alpha value is -3.42. The largest absolute Gasteiger partial charge is 0.452 e. The smallest absolute Gasteiger partial charge is 0.342 e. The van der Waals surface area contributed by atoms with Crippen LogP contribution in [0, 0.1) is 6.92 Å². The molecule has 8 heteroatoms. The Kier molecular flexibility index (Phi) is 5.35. The minimum Gasteiger partial charge on any atom is -0.452 e. The third kappa shape index (κ3) is 4.05. The Balaban J connectivity index is 1.62. The second kappa shape index (κ2) is 7.86. The highest BCUT2D eigenvalue weighted by atomic mass is 16.5. The van der Waals surface area contributed by atoms with Gasteiger partial charge in [-0.15, -0.1) is 0 Å². The number of hydrogen-bond donors (Lipinski definition) is 1. The maximum atomic E-state index is 12.3. The van der Waals surface area contributed by atoms with Gasteiger partial charge in [0.05, 0.1) is 23.8 Å². The van der Waals surface area contributed by atoms with E-state index < -0.39 is 18.5 Å². The predicted octanol–water partition coefficient (Wildman–Crippen LogP) is 2.75.